The second-order valence-electron chi connectivity index (χ2n) is 7.78. The lowest BCUT2D eigenvalue weighted by atomic mass is 9.98. The molecule has 8 heteroatoms. The summed E-state index contributed by atoms with van der Waals surface area (Å²) in [6.07, 6.45) is -1.50. The second kappa shape index (κ2) is 8.59. The molecule has 8 nitrogen and oxygen atoms in total. The summed E-state index contributed by atoms with van der Waals surface area (Å²) in [5.41, 5.74) is 4.93. The molecule has 0 aliphatic heterocycles. The zero-order valence-electron chi connectivity index (χ0n) is 15.5. The minimum atomic E-state index is -0.778. The molecular weight excluding hydrogens is 304 g/mol. The predicted molar refractivity (Wildman–Crippen MR) is 85.3 cm³/mol. The Morgan fingerprint density at radius 2 is 1.17 bits per heavy atom. The van der Waals surface area contributed by atoms with E-state index in [-0.39, 0.29) is 0 Å². The van der Waals surface area contributed by atoms with E-state index in [0.29, 0.717) is 0 Å². The first-order chi connectivity index (χ1) is 9.94. The van der Waals surface area contributed by atoms with Crippen molar-refractivity contribution in [2.24, 2.45) is 11.1 Å². The SMILES string of the molecule is CC(C)(C)OC(=O)NOC(=O)C(C)(C)C.CC(C)(C)OC(N)=O. The lowest BCUT2D eigenvalue weighted by Crippen LogP contribution is -2.37. The van der Waals surface area contributed by atoms with Gasteiger partial charge in [0, 0.05) is 0 Å². The van der Waals surface area contributed by atoms with Crippen molar-refractivity contribution in [1.82, 2.24) is 5.48 Å². The Morgan fingerprint density at radius 1 is 0.783 bits per heavy atom. The third-order valence-electron chi connectivity index (χ3n) is 1.65. The third kappa shape index (κ3) is 18.0. The van der Waals surface area contributed by atoms with E-state index in [1.54, 1.807) is 62.3 Å². The predicted octanol–water partition coefficient (Wildman–Crippen LogP) is 2.90. The van der Waals surface area contributed by atoms with Gasteiger partial charge < -0.3 is 20.0 Å². The Bertz CT molecular complexity index is 413. The quantitative estimate of drug-likeness (QED) is 0.519. The molecule has 0 unspecified atom stereocenters. The van der Waals surface area contributed by atoms with E-state index in [0.717, 1.165) is 0 Å². The molecule has 2 amide bonds. The minimum Gasteiger partial charge on any atom is -0.444 e. The number of ether oxygens (including phenoxy) is 2. The first-order valence-electron chi connectivity index (χ1n) is 7.13. The van der Waals surface area contributed by atoms with Crippen LogP contribution in [0, 0.1) is 5.41 Å². The molecule has 0 spiro atoms. The normalized spacial score (nSPS) is 11.5. The van der Waals surface area contributed by atoms with Gasteiger partial charge in [0.05, 0.1) is 5.41 Å². The summed E-state index contributed by atoms with van der Waals surface area (Å²) in [4.78, 5) is 36.9. The zero-order chi connectivity index (χ0) is 19.1. The molecule has 136 valence electrons. The fraction of sp³-hybridized carbons (Fsp3) is 0.800. The van der Waals surface area contributed by atoms with E-state index in [4.69, 9.17) is 10.5 Å². The minimum absolute atomic E-state index is 0.453. The highest BCUT2D eigenvalue weighted by molar-refractivity contribution is 5.77. The largest absolute Gasteiger partial charge is 0.444 e. The maximum absolute atomic E-state index is 11.2. The van der Waals surface area contributed by atoms with Crippen LogP contribution >= 0.6 is 0 Å². The molecule has 0 heterocycles. The molecule has 0 aromatic carbocycles. The van der Waals surface area contributed by atoms with Crippen LogP contribution in [0.25, 0.3) is 0 Å². The molecular formula is C15H30N2O6. The van der Waals surface area contributed by atoms with E-state index in [1.165, 1.54) is 0 Å². The molecule has 3 N–H and O–H groups in total. The Labute approximate surface area is 138 Å². The van der Waals surface area contributed by atoms with E-state index in [2.05, 4.69) is 9.57 Å². The molecule has 0 saturated carbocycles. The molecule has 23 heavy (non-hydrogen) atoms. The van der Waals surface area contributed by atoms with Crippen LogP contribution in [0.15, 0.2) is 0 Å². The van der Waals surface area contributed by atoms with Gasteiger partial charge in [-0.15, -0.1) is 5.48 Å². The number of carbonyl (C=O) groups is 3. The summed E-state index contributed by atoms with van der Waals surface area (Å²) in [7, 11) is 0. The molecule has 0 bridgehead atoms. The smallest absolute Gasteiger partial charge is 0.441 e. The number of primary amides is 1. The van der Waals surface area contributed by atoms with Crippen molar-refractivity contribution < 1.29 is 28.7 Å². The molecule has 0 fully saturated rings. The lowest BCUT2D eigenvalue weighted by Gasteiger charge is -2.20. The zero-order valence-corrected chi connectivity index (χ0v) is 15.5. The molecule has 0 radical (unpaired) electrons. The van der Waals surface area contributed by atoms with Gasteiger partial charge in [-0.25, -0.2) is 14.4 Å². The highest BCUT2D eigenvalue weighted by Crippen LogP contribution is 2.14. The number of amides is 2. The third-order valence-corrected chi connectivity index (χ3v) is 1.65. The Kier molecular flexibility index (Phi) is 8.70. The van der Waals surface area contributed by atoms with Gasteiger partial charge in [-0.3, -0.25) is 0 Å². The van der Waals surface area contributed by atoms with Crippen LogP contribution in [-0.2, 0) is 19.1 Å². The van der Waals surface area contributed by atoms with E-state index < -0.39 is 34.8 Å². The number of carbonyl (C=O) groups excluding carboxylic acids is 3. The summed E-state index contributed by atoms with van der Waals surface area (Å²) in [5.74, 6) is -0.520. The van der Waals surface area contributed by atoms with Gasteiger partial charge >= 0.3 is 18.2 Å². The summed E-state index contributed by atoms with van der Waals surface area (Å²) < 4.78 is 9.45. The van der Waals surface area contributed by atoms with Crippen molar-refractivity contribution in [3.8, 4) is 0 Å². The fourth-order valence-electron chi connectivity index (χ4n) is 0.842. The fourth-order valence-corrected chi connectivity index (χ4v) is 0.842. The number of nitrogens with two attached hydrogens (primary N) is 1. The van der Waals surface area contributed by atoms with Crippen molar-refractivity contribution in [3.05, 3.63) is 0 Å². The van der Waals surface area contributed by atoms with Crippen molar-refractivity contribution in [2.75, 3.05) is 0 Å². The van der Waals surface area contributed by atoms with E-state index in [1.807, 2.05) is 5.48 Å². The molecule has 0 atom stereocenters. The Morgan fingerprint density at radius 3 is 1.39 bits per heavy atom. The summed E-state index contributed by atoms with van der Waals surface area (Å²) in [6.45, 7) is 15.5. The molecule has 0 aliphatic carbocycles. The van der Waals surface area contributed by atoms with E-state index >= 15 is 0 Å². The first kappa shape index (κ1) is 23.3. The molecule has 0 aromatic heterocycles. The van der Waals surface area contributed by atoms with Gasteiger partial charge in [-0.05, 0) is 62.3 Å². The highest BCUT2D eigenvalue weighted by Gasteiger charge is 2.25. The van der Waals surface area contributed by atoms with Gasteiger partial charge in [0.2, 0.25) is 0 Å². The number of hydrogen-bond donors (Lipinski definition) is 2. The Balaban J connectivity index is 0. The standard InChI is InChI=1S/C10H19NO4.C5H11NO2/c1-9(2,3)7(12)15-11-8(13)14-10(4,5)6;1-5(2,3)8-4(6)7/h1-6H3,(H,11,13);1-3H3,(H2,6,7). The van der Waals surface area contributed by atoms with Crippen LogP contribution in [0.4, 0.5) is 9.59 Å². The van der Waals surface area contributed by atoms with Crippen molar-refractivity contribution in [2.45, 2.75) is 73.5 Å². The lowest BCUT2D eigenvalue weighted by molar-refractivity contribution is -0.160. The maximum Gasteiger partial charge on any atom is 0.441 e. The van der Waals surface area contributed by atoms with Crippen LogP contribution in [0.1, 0.15) is 62.3 Å². The first-order valence-corrected chi connectivity index (χ1v) is 7.13. The van der Waals surface area contributed by atoms with Crippen molar-refractivity contribution in [3.63, 3.8) is 0 Å². The molecule has 0 rings (SSSR count). The Hall–Kier alpha value is -1.99. The monoisotopic (exact) mass is 334 g/mol. The average molecular weight is 334 g/mol. The molecule has 0 saturated heterocycles. The highest BCUT2D eigenvalue weighted by atomic mass is 16.7. The maximum atomic E-state index is 11.2. The van der Waals surface area contributed by atoms with Crippen LogP contribution < -0.4 is 11.2 Å². The van der Waals surface area contributed by atoms with Crippen LogP contribution in [0.3, 0.4) is 0 Å². The number of nitrogens with one attached hydrogen (secondary N) is 1. The number of hydroxylamine groups is 1. The summed E-state index contributed by atoms with van der Waals surface area (Å²) >= 11 is 0. The topological polar surface area (TPSA) is 117 Å². The molecule has 0 aliphatic rings. The summed E-state index contributed by atoms with van der Waals surface area (Å²) in [6, 6.07) is 0. The van der Waals surface area contributed by atoms with Gasteiger partial charge in [0.25, 0.3) is 0 Å². The van der Waals surface area contributed by atoms with Gasteiger partial charge in [0.1, 0.15) is 11.2 Å². The number of rotatable bonds is 0. The van der Waals surface area contributed by atoms with Crippen LogP contribution in [0.5, 0.6) is 0 Å². The van der Waals surface area contributed by atoms with Gasteiger partial charge in [0.15, 0.2) is 0 Å². The average Bonchev–Trinajstić information content (AvgIpc) is 2.18. The van der Waals surface area contributed by atoms with Gasteiger partial charge in [-0.2, -0.15) is 0 Å². The van der Waals surface area contributed by atoms with Crippen LogP contribution in [-0.4, -0.2) is 29.4 Å². The summed E-state index contributed by atoms with van der Waals surface area (Å²) in [5, 5.41) is 0. The molecule has 0 aromatic rings. The van der Waals surface area contributed by atoms with Gasteiger partial charge in [-0.1, -0.05) is 0 Å². The van der Waals surface area contributed by atoms with Crippen LogP contribution in [0.2, 0.25) is 0 Å². The van der Waals surface area contributed by atoms with Crippen molar-refractivity contribution >= 4 is 18.2 Å². The van der Waals surface area contributed by atoms with E-state index in [9.17, 15) is 14.4 Å². The number of hydrogen-bond acceptors (Lipinski definition) is 6. The second-order valence-corrected chi connectivity index (χ2v) is 7.78. The van der Waals surface area contributed by atoms with Crippen molar-refractivity contribution in [1.29, 1.82) is 0 Å².